The lowest BCUT2D eigenvalue weighted by Crippen LogP contribution is -2.14. The van der Waals surface area contributed by atoms with Crippen molar-refractivity contribution >= 4 is 15.6 Å². The number of hydrogen-bond acceptors (Lipinski definition) is 5. The second-order valence-corrected chi connectivity index (χ2v) is 1.31. The Bertz CT molecular complexity index is 68.5. The smallest absolute Gasteiger partial charge is 0.567 e. The highest BCUT2D eigenvalue weighted by Crippen LogP contribution is 2.07. The second-order valence-electron chi connectivity index (χ2n) is 0.655. The minimum atomic E-state index is -3.14. The monoisotopic (exact) mass is 124 g/mol. The molecule has 7 heteroatoms. The minimum Gasteiger partial charge on any atom is -0.567 e. The topological polar surface area (TPSA) is 89.8 Å². The average Bonchev–Trinajstić information content (AvgIpc) is 1.27. The first kappa shape index (κ1) is 7.00. The molecular formula is H2BO5P. The highest BCUT2D eigenvalue weighted by atomic mass is 31.1. The van der Waals surface area contributed by atoms with Gasteiger partial charge in [-0.2, -0.15) is 0 Å². The van der Waals surface area contributed by atoms with Gasteiger partial charge in [0.05, 0.1) is 0 Å². The van der Waals surface area contributed by atoms with Crippen LogP contribution in [0.2, 0.25) is 0 Å². The molecule has 0 rings (SSSR count). The molecule has 0 aromatic rings. The summed E-state index contributed by atoms with van der Waals surface area (Å²) >= 11 is 0. The third-order valence-corrected chi connectivity index (χ3v) is 0.541. The summed E-state index contributed by atoms with van der Waals surface area (Å²) in [7, 11) is -5.36. The third-order valence-electron chi connectivity index (χ3n) is 0.180. The standard InChI is InChI=1S/BH2O5P/c2-1(3)6-7(4)5/h2-3H. The molecule has 0 fully saturated rings. The molecule has 0 aromatic carbocycles. The van der Waals surface area contributed by atoms with E-state index in [2.05, 4.69) is 4.44 Å². The SMILES string of the molecule is O=[P+]([O-])OB(O)O. The Morgan fingerprint density at radius 3 is 2.14 bits per heavy atom. The summed E-state index contributed by atoms with van der Waals surface area (Å²) in [5.74, 6) is 0. The van der Waals surface area contributed by atoms with Crippen molar-refractivity contribution < 1.29 is 23.9 Å². The molecular weight excluding hydrogens is 122 g/mol. The van der Waals surface area contributed by atoms with Gasteiger partial charge < -0.3 is 14.9 Å². The van der Waals surface area contributed by atoms with E-state index in [1.165, 1.54) is 0 Å². The summed E-state index contributed by atoms with van der Waals surface area (Å²) in [6, 6.07) is 0. The Labute approximate surface area is 40.7 Å². The lowest BCUT2D eigenvalue weighted by Gasteiger charge is -1.83. The molecule has 2 N–H and O–H groups in total. The van der Waals surface area contributed by atoms with Crippen molar-refractivity contribution in [2.45, 2.75) is 0 Å². The van der Waals surface area contributed by atoms with Crippen molar-refractivity contribution in [3.8, 4) is 0 Å². The van der Waals surface area contributed by atoms with Crippen LogP contribution in [0.15, 0.2) is 0 Å². The van der Waals surface area contributed by atoms with E-state index in [0.717, 1.165) is 0 Å². The molecule has 40 valence electrons. The van der Waals surface area contributed by atoms with Gasteiger partial charge in [-0.3, -0.25) is 0 Å². The molecule has 0 spiro atoms. The quantitative estimate of drug-likeness (QED) is 0.327. The normalized spacial score (nSPS) is 11.0. The Kier molecular flexibility index (Phi) is 3.07. The van der Waals surface area contributed by atoms with Gasteiger partial charge in [0.2, 0.25) is 0 Å². The predicted octanol–water partition coefficient (Wildman–Crippen LogP) is -2.01. The van der Waals surface area contributed by atoms with Crippen LogP contribution in [-0.4, -0.2) is 17.4 Å². The maximum atomic E-state index is 9.30. The average molecular weight is 124 g/mol. The van der Waals surface area contributed by atoms with E-state index in [9.17, 15) is 9.46 Å². The molecule has 0 aliphatic carbocycles. The number of hydrogen-bond donors (Lipinski definition) is 2. The van der Waals surface area contributed by atoms with Crippen molar-refractivity contribution in [1.29, 1.82) is 0 Å². The van der Waals surface area contributed by atoms with Crippen molar-refractivity contribution in [2.24, 2.45) is 0 Å². The zero-order valence-electron chi connectivity index (χ0n) is 3.14. The lowest BCUT2D eigenvalue weighted by atomic mass is 10.3. The first-order chi connectivity index (χ1) is 3.13. The molecule has 0 saturated heterocycles. The molecule has 0 bridgehead atoms. The van der Waals surface area contributed by atoms with Crippen LogP contribution >= 0.6 is 8.25 Å². The zero-order chi connectivity index (χ0) is 5.86. The van der Waals surface area contributed by atoms with Crippen LogP contribution in [0.3, 0.4) is 0 Å². The molecule has 0 heterocycles. The minimum absolute atomic E-state index is 2.22. The Hall–Kier alpha value is 0.00494. The van der Waals surface area contributed by atoms with Crippen LogP contribution in [0.1, 0.15) is 0 Å². The summed E-state index contributed by atoms with van der Waals surface area (Å²) in [5.41, 5.74) is 0. The third kappa shape index (κ3) is 6.00. The molecule has 5 nitrogen and oxygen atoms in total. The van der Waals surface area contributed by atoms with Crippen molar-refractivity contribution in [1.82, 2.24) is 0 Å². The van der Waals surface area contributed by atoms with Gasteiger partial charge in [0, 0.05) is 0 Å². The van der Waals surface area contributed by atoms with Gasteiger partial charge in [-0.15, -0.1) is 4.44 Å². The van der Waals surface area contributed by atoms with E-state index in [1.54, 1.807) is 0 Å². The van der Waals surface area contributed by atoms with E-state index >= 15 is 0 Å². The van der Waals surface area contributed by atoms with Crippen LogP contribution in [0.25, 0.3) is 0 Å². The van der Waals surface area contributed by atoms with Crippen molar-refractivity contribution in [2.75, 3.05) is 0 Å². The van der Waals surface area contributed by atoms with Gasteiger partial charge in [-0.25, -0.2) is 0 Å². The van der Waals surface area contributed by atoms with Gasteiger partial charge in [0.25, 0.3) is 0 Å². The highest BCUT2D eigenvalue weighted by Gasteiger charge is 2.17. The predicted molar refractivity (Wildman–Crippen MR) is 18.9 cm³/mol. The van der Waals surface area contributed by atoms with Gasteiger partial charge in [0.15, 0.2) is 0 Å². The fourth-order valence-electron chi connectivity index (χ4n) is 0.0770. The van der Waals surface area contributed by atoms with Crippen LogP contribution in [0.5, 0.6) is 0 Å². The lowest BCUT2D eigenvalue weighted by molar-refractivity contribution is -0.180. The molecule has 0 aliphatic rings. The highest BCUT2D eigenvalue weighted by molar-refractivity contribution is 7.32. The maximum absolute atomic E-state index is 9.30. The summed E-state index contributed by atoms with van der Waals surface area (Å²) in [4.78, 5) is 9.30. The molecule has 0 aromatic heterocycles. The van der Waals surface area contributed by atoms with E-state index in [4.69, 9.17) is 10.0 Å². The van der Waals surface area contributed by atoms with Crippen LogP contribution < -0.4 is 4.89 Å². The molecule has 1 atom stereocenters. The Balaban J connectivity index is 3.13. The van der Waals surface area contributed by atoms with Crippen LogP contribution in [0, 0.1) is 0 Å². The van der Waals surface area contributed by atoms with Crippen molar-refractivity contribution in [3.63, 3.8) is 0 Å². The molecule has 0 radical (unpaired) electrons. The number of rotatable bonds is 2. The molecule has 0 amide bonds. The molecule has 0 saturated carbocycles. The van der Waals surface area contributed by atoms with E-state index in [-0.39, 0.29) is 0 Å². The Morgan fingerprint density at radius 2 is 2.14 bits per heavy atom. The Morgan fingerprint density at radius 1 is 1.71 bits per heavy atom. The van der Waals surface area contributed by atoms with Crippen LogP contribution in [0.4, 0.5) is 0 Å². The summed E-state index contributed by atoms with van der Waals surface area (Å²) < 4.78 is 12.6. The maximum Gasteiger partial charge on any atom is 0.682 e. The van der Waals surface area contributed by atoms with E-state index < -0.39 is 15.6 Å². The molecule has 0 aliphatic heterocycles. The van der Waals surface area contributed by atoms with Gasteiger partial charge in [-0.1, -0.05) is 0 Å². The van der Waals surface area contributed by atoms with Gasteiger partial charge in [0.1, 0.15) is 0 Å². The van der Waals surface area contributed by atoms with Gasteiger partial charge in [-0.05, 0) is 4.57 Å². The summed E-state index contributed by atoms with van der Waals surface area (Å²) in [5, 5.41) is 15.3. The second kappa shape index (κ2) is 3.07. The van der Waals surface area contributed by atoms with E-state index in [0.29, 0.717) is 0 Å². The largest absolute Gasteiger partial charge is 0.682 e. The zero-order valence-corrected chi connectivity index (χ0v) is 4.04. The van der Waals surface area contributed by atoms with Crippen LogP contribution in [-0.2, 0) is 9.01 Å². The van der Waals surface area contributed by atoms with Crippen molar-refractivity contribution in [3.05, 3.63) is 0 Å². The fraction of sp³-hybridized carbons (Fsp3) is 0. The van der Waals surface area contributed by atoms with Gasteiger partial charge >= 0.3 is 15.6 Å². The van der Waals surface area contributed by atoms with E-state index in [1.807, 2.05) is 0 Å². The summed E-state index contributed by atoms with van der Waals surface area (Å²) in [6.45, 7) is 0. The molecule has 7 heavy (non-hydrogen) atoms. The first-order valence-electron chi connectivity index (χ1n) is 1.30. The fourth-order valence-corrected chi connectivity index (χ4v) is 0.231. The first-order valence-corrected chi connectivity index (χ1v) is 2.40. The summed E-state index contributed by atoms with van der Waals surface area (Å²) in [6.07, 6.45) is 0. The molecule has 1 unspecified atom stereocenters.